The van der Waals surface area contributed by atoms with Crippen molar-refractivity contribution in [2.24, 2.45) is 5.41 Å². The maximum Gasteiger partial charge on any atom is 0.319 e. The van der Waals surface area contributed by atoms with Crippen LogP contribution in [0.25, 0.3) is 5.69 Å². The molecule has 2 aromatic rings. The van der Waals surface area contributed by atoms with Crippen molar-refractivity contribution in [1.29, 1.82) is 0 Å². The van der Waals surface area contributed by atoms with Crippen LogP contribution in [0.5, 0.6) is 0 Å². The van der Waals surface area contributed by atoms with Crippen LogP contribution in [0, 0.1) is 18.2 Å². The molecule has 0 atom stereocenters. The summed E-state index contributed by atoms with van der Waals surface area (Å²) in [6.45, 7) is 3.19. The van der Waals surface area contributed by atoms with Crippen molar-refractivity contribution in [3.8, 4) is 5.69 Å². The number of amides is 2. The summed E-state index contributed by atoms with van der Waals surface area (Å²) in [6.07, 6.45) is 6.55. The number of nitrogens with one attached hydrogen (secondary N) is 2. The number of methoxy groups -OCH3 is 1. The second kappa shape index (κ2) is 7.23. The van der Waals surface area contributed by atoms with Gasteiger partial charge in [0, 0.05) is 32.1 Å². The van der Waals surface area contributed by atoms with Gasteiger partial charge in [0.2, 0.25) is 0 Å². The Labute approximate surface area is 146 Å². The van der Waals surface area contributed by atoms with E-state index in [-0.39, 0.29) is 11.4 Å². The first-order valence-corrected chi connectivity index (χ1v) is 8.36. The predicted octanol–water partition coefficient (Wildman–Crippen LogP) is 3.26. The van der Waals surface area contributed by atoms with Gasteiger partial charge in [0.25, 0.3) is 0 Å². The summed E-state index contributed by atoms with van der Waals surface area (Å²) in [7, 11) is 1.68. The molecule has 0 radical (unpaired) electrons. The summed E-state index contributed by atoms with van der Waals surface area (Å²) in [4.78, 5) is 12.0. The van der Waals surface area contributed by atoms with Gasteiger partial charge in [-0.1, -0.05) is 0 Å². The third-order valence-corrected chi connectivity index (χ3v) is 4.58. The number of carbonyl (C=O) groups excluding carboxylic acids is 1. The number of aryl methyl sites for hydroxylation is 1. The van der Waals surface area contributed by atoms with E-state index < -0.39 is 5.82 Å². The SMILES string of the molecule is COCCC1(CNC(=O)Nc2ccc(-n3cc(C)cn3)c(F)c2)CC1. The number of hydrogen-bond acceptors (Lipinski definition) is 3. The molecule has 2 N–H and O–H groups in total. The van der Waals surface area contributed by atoms with E-state index in [1.54, 1.807) is 31.6 Å². The van der Waals surface area contributed by atoms with Gasteiger partial charge in [0.1, 0.15) is 5.69 Å². The zero-order valence-corrected chi connectivity index (χ0v) is 14.5. The Morgan fingerprint density at radius 1 is 1.44 bits per heavy atom. The second-order valence-electron chi connectivity index (χ2n) is 6.68. The molecule has 0 bridgehead atoms. The number of rotatable bonds is 7. The lowest BCUT2D eigenvalue weighted by molar-refractivity contribution is 0.171. The first-order chi connectivity index (χ1) is 12.0. The average Bonchev–Trinajstić information content (AvgIpc) is 3.24. The Hall–Kier alpha value is -2.41. The minimum absolute atomic E-state index is 0.167. The molecule has 1 saturated carbocycles. The number of nitrogens with zero attached hydrogens (tertiary/aromatic N) is 2. The van der Waals surface area contributed by atoms with Gasteiger partial charge in [-0.3, -0.25) is 0 Å². The number of aromatic nitrogens is 2. The first kappa shape index (κ1) is 17.4. The van der Waals surface area contributed by atoms with Crippen LogP contribution < -0.4 is 10.6 Å². The van der Waals surface area contributed by atoms with Crippen LogP contribution >= 0.6 is 0 Å². The summed E-state index contributed by atoms with van der Waals surface area (Å²) in [5.74, 6) is -0.445. The highest BCUT2D eigenvalue weighted by Gasteiger charge is 2.42. The largest absolute Gasteiger partial charge is 0.385 e. The van der Waals surface area contributed by atoms with E-state index in [0.717, 1.165) is 24.8 Å². The van der Waals surface area contributed by atoms with E-state index >= 15 is 0 Å². The zero-order chi connectivity index (χ0) is 17.9. The fourth-order valence-electron chi connectivity index (χ4n) is 2.77. The normalized spacial score (nSPS) is 15.0. The van der Waals surface area contributed by atoms with Crippen molar-refractivity contribution >= 4 is 11.7 Å². The van der Waals surface area contributed by atoms with Crippen molar-refractivity contribution in [3.05, 3.63) is 42.0 Å². The Kier molecular flexibility index (Phi) is 5.03. The lowest BCUT2D eigenvalue weighted by Gasteiger charge is -2.16. The molecule has 0 aliphatic heterocycles. The van der Waals surface area contributed by atoms with Gasteiger partial charge in [-0.25, -0.2) is 13.9 Å². The molecule has 7 heteroatoms. The van der Waals surface area contributed by atoms with E-state index in [0.29, 0.717) is 24.5 Å². The molecule has 3 rings (SSSR count). The van der Waals surface area contributed by atoms with Crippen LogP contribution in [-0.2, 0) is 4.74 Å². The Morgan fingerprint density at radius 3 is 2.84 bits per heavy atom. The number of urea groups is 1. The van der Waals surface area contributed by atoms with Crippen LogP contribution in [0.15, 0.2) is 30.6 Å². The standard InChI is InChI=1S/C18H23FN4O2/c1-13-10-21-23(11-13)16-4-3-14(9-15(16)19)22-17(24)20-12-18(5-6-18)7-8-25-2/h3-4,9-11H,5-8,12H2,1-2H3,(H2,20,22,24). The van der Waals surface area contributed by atoms with Crippen LogP contribution in [0.3, 0.4) is 0 Å². The van der Waals surface area contributed by atoms with Crippen molar-refractivity contribution in [1.82, 2.24) is 15.1 Å². The number of halogens is 1. The van der Waals surface area contributed by atoms with Crippen LogP contribution in [0.4, 0.5) is 14.9 Å². The molecule has 25 heavy (non-hydrogen) atoms. The molecular weight excluding hydrogens is 323 g/mol. The number of carbonyl (C=O) groups is 1. The summed E-state index contributed by atoms with van der Waals surface area (Å²) < 4.78 is 20.9. The molecular formula is C18H23FN4O2. The predicted molar refractivity (Wildman–Crippen MR) is 93.4 cm³/mol. The van der Waals surface area contributed by atoms with E-state index in [9.17, 15) is 9.18 Å². The fraction of sp³-hybridized carbons (Fsp3) is 0.444. The van der Waals surface area contributed by atoms with E-state index in [1.165, 1.54) is 10.7 Å². The van der Waals surface area contributed by atoms with Crippen molar-refractivity contribution < 1.29 is 13.9 Å². The van der Waals surface area contributed by atoms with Crippen LogP contribution in [-0.4, -0.2) is 36.1 Å². The van der Waals surface area contributed by atoms with Gasteiger partial charge in [-0.2, -0.15) is 5.10 Å². The smallest absolute Gasteiger partial charge is 0.319 e. The quantitative estimate of drug-likeness (QED) is 0.808. The fourth-order valence-corrected chi connectivity index (χ4v) is 2.77. The molecule has 1 heterocycles. The Balaban J connectivity index is 1.56. The first-order valence-electron chi connectivity index (χ1n) is 8.36. The highest BCUT2D eigenvalue weighted by molar-refractivity contribution is 5.89. The summed E-state index contributed by atoms with van der Waals surface area (Å²) in [5, 5.41) is 9.63. The number of anilines is 1. The maximum absolute atomic E-state index is 14.3. The minimum Gasteiger partial charge on any atom is -0.385 e. The third-order valence-electron chi connectivity index (χ3n) is 4.58. The number of benzene rings is 1. The van der Waals surface area contributed by atoms with E-state index in [1.807, 2.05) is 6.92 Å². The highest BCUT2D eigenvalue weighted by Crippen LogP contribution is 2.48. The molecule has 1 aliphatic rings. The minimum atomic E-state index is -0.445. The molecule has 1 aromatic carbocycles. The van der Waals surface area contributed by atoms with Crippen LogP contribution in [0.1, 0.15) is 24.8 Å². The maximum atomic E-state index is 14.3. The monoisotopic (exact) mass is 346 g/mol. The lowest BCUT2D eigenvalue weighted by Crippen LogP contribution is -2.34. The van der Waals surface area contributed by atoms with Gasteiger partial charge in [0.05, 0.1) is 6.20 Å². The Bertz CT molecular complexity index is 755. The third kappa shape index (κ3) is 4.36. The van der Waals surface area contributed by atoms with Crippen molar-refractivity contribution in [2.75, 3.05) is 25.6 Å². The number of hydrogen-bond donors (Lipinski definition) is 2. The molecule has 1 aliphatic carbocycles. The second-order valence-corrected chi connectivity index (χ2v) is 6.68. The van der Waals surface area contributed by atoms with Gasteiger partial charge in [-0.15, -0.1) is 0 Å². The molecule has 0 unspecified atom stereocenters. The summed E-state index contributed by atoms with van der Waals surface area (Å²) >= 11 is 0. The molecule has 1 fully saturated rings. The molecule has 134 valence electrons. The topological polar surface area (TPSA) is 68.2 Å². The van der Waals surface area contributed by atoms with E-state index in [2.05, 4.69) is 15.7 Å². The van der Waals surface area contributed by atoms with Gasteiger partial charge in [-0.05, 0) is 55.4 Å². The zero-order valence-electron chi connectivity index (χ0n) is 14.5. The highest BCUT2D eigenvalue weighted by atomic mass is 19.1. The summed E-state index contributed by atoms with van der Waals surface area (Å²) in [6, 6.07) is 4.22. The molecule has 2 amide bonds. The van der Waals surface area contributed by atoms with Crippen molar-refractivity contribution in [2.45, 2.75) is 26.2 Å². The number of ether oxygens (including phenoxy) is 1. The lowest BCUT2D eigenvalue weighted by atomic mass is 10.0. The van der Waals surface area contributed by atoms with E-state index in [4.69, 9.17) is 4.74 Å². The Morgan fingerprint density at radius 2 is 2.24 bits per heavy atom. The summed E-state index contributed by atoms with van der Waals surface area (Å²) in [5.41, 5.74) is 1.86. The molecule has 1 aromatic heterocycles. The average molecular weight is 346 g/mol. The molecule has 6 nitrogen and oxygen atoms in total. The van der Waals surface area contributed by atoms with Gasteiger partial charge < -0.3 is 15.4 Å². The van der Waals surface area contributed by atoms with Gasteiger partial charge >= 0.3 is 6.03 Å². The van der Waals surface area contributed by atoms with Gasteiger partial charge in [0.15, 0.2) is 5.82 Å². The van der Waals surface area contributed by atoms with Crippen LogP contribution in [0.2, 0.25) is 0 Å². The molecule has 0 spiro atoms. The molecule has 0 saturated heterocycles. The van der Waals surface area contributed by atoms with Crippen molar-refractivity contribution in [3.63, 3.8) is 0 Å².